The minimum Gasteiger partial charge on any atom is -0.462 e. The van der Waals surface area contributed by atoms with Gasteiger partial charge in [0, 0.05) is 0 Å². The number of ether oxygens (including phenoxy) is 2. The number of esters is 2. The summed E-state index contributed by atoms with van der Waals surface area (Å²) in [6.45, 7) is 4.09. The van der Waals surface area contributed by atoms with Gasteiger partial charge in [0.05, 0.1) is 12.8 Å². The Labute approximate surface area is 170 Å². The molecule has 28 heavy (non-hydrogen) atoms. The quantitative estimate of drug-likeness (QED) is 0.555. The van der Waals surface area contributed by atoms with Gasteiger partial charge >= 0.3 is 11.9 Å². The summed E-state index contributed by atoms with van der Waals surface area (Å²) in [5.74, 6) is 3.68. The lowest BCUT2D eigenvalue weighted by Crippen LogP contribution is -2.39. The van der Waals surface area contributed by atoms with Gasteiger partial charge in [-0.25, -0.2) is 0 Å². The van der Waals surface area contributed by atoms with Gasteiger partial charge < -0.3 is 9.47 Å². The zero-order valence-corrected chi connectivity index (χ0v) is 17.7. The van der Waals surface area contributed by atoms with Crippen LogP contribution in [0.3, 0.4) is 0 Å². The summed E-state index contributed by atoms with van der Waals surface area (Å²) >= 11 is 0. The fraction of sp³-hybridized carbons (Fsp3) is 0.917. The molecular weight excluding hydrogens is 352 g/mol. The van der Waals surface area contributed by atoms with E-state index in [1.165, 1.54) is 64.2 Å². The Balaban J connectivity index is 1.17. The molecule has 6 saturated carbocycles. The highest BCUT2D eigenvalue weighted by atomic mass is 16.5. The van der Waals surface area contributed by atoms with E-state index in [4.69, 9.17) is 9.47 Å². The number of rotatable bonds is 7. The van der Waals surface area contributed by atoms with Gasteiger partial charge in [0.15, 0.2) is 0 Å². The number of carbonyl (C=O) groups is 2. The minimum atomic E-state index is -0.240. The van der Waals surface area contributed by atoms with Gasteiger partial charge in [0.25, 0.3) is 0 Å². The second-order valence-corrected chi connectivity index (χ2v) is 10.3. The molecule has 4 atom stereocenters. The van der Waals surface area contributed by atoms with E-state index in [2.05, 4.69) is 0 Å². The van der Waals surface area contributed by atoms with Crippen LogP contribution in [0.5, 0.6) is 0 Å². The molecule has 6 rings (SSSR count). The molecule has 4 bridgehead atoms. The average Bonchev–Trinajstić information content (AvgIpc) is 2.73. The Hall–Kier alpha value is -1.06. The molecule has 0 aromatic heterocycles. The Morgan fingerprint density at radius 2 is 1.04 bits per heavy atom. The maximum absolute atomic E-state index is 12.3. The molecule has 4 heteroatoms. The fourth-order valence-electron chi connectivity index (χ4n) is 6.92. The molecule has 0 amide bonds. The van der Waals surface area contributed by atoms with E-state index in [1.54, 1.807) is 0 Å². The van der Waals surface area contributed by atoms with Gasteiger partial charge in [0.1, 0.15) is 12.2 Å². The van der Waals surface area contributed by atoms with Crippen LogP contribution in [-0.4, -0.2) is 24.1 Å². The third kappa shape index (κ3) is 4.57. The topological polar surface area (TPSA) is 52.6 Å². The van der Waals surface area contributed by atoms with Crippen LogP contribution < -0.4 is 0 Å². The first kappa shape index (κ1) is 20.2. The third-order valence-electron chi connectivity index (χ3n) is 8.58. The van der Waals surface area contributed by atoms with Crippen molar-refractivity contribution in [2.24, 2.45) is 35.5 Å². The maximum Gasteiger partial charge on any atom is 0.306 e. The van der Waals surface area contributed by atoms with Crippen LogP contribution in [0.1, 0.15) is 90.9 Å². The lowest BCUT2D eigenvalue weighted by Gasteiger charge is -2.44. The van der Waals surface area contributed by atoms with Crippen LogP contribution in [0.15, 0.2) is 0 Å². The highest BCUT2D eigenvalue weighted by Crippen LogP contribution is 2.47. The third-order valence-corrected chi connectivity index (χ3v) is 8.58. The largest absolute Gasteiger partial charge is 0.462 e. The molecule has 0 heterocycles. The summed E-state index contributed by atoms with van der Waals surface area (Å²) in [6, 6.07) is 0. The number of fused-ring (bicyclic) bond motifs is 6. The smallest absolute Gasteiger partial charge is 0.306 e. The standard InChI is InChI=1S/C24H38O4/c1-15(21-13-17-3-7-19(21)8-4-17)27-23(25)11-12-24(26)28-16(2)22-14-18-5-9-20(22)10-6-18/h15-22H,3-14H2,1-2H3. The summed E-state index contributed by atoms with van der Waals surface area (Å²) in [4.78, 5) is 24.5. The summed E-state index contributed by atoms with van der Waals surface area (Å²) in [5.41, 5.74) is 0. The maximum atomic E-state index is 12.3. The summed E-state index contributed by atoms with van der Waals surface area (Å²) in [7, 11) is 0. The molecule has 0 spiro atoms. The first-order valence-corrected chi connectivity index (χ1v) is 11.9. The molecule has 0 saturated heterocycles. The highest BCUT2D eigenvalue weighted by Gasteiger charge is 2.40. The Bertz CT molecular complexity index is 507. The molecule has 0 aromatic rings. The molecule has 158 valence electrons. The number of carbonyl (C=O) groups excluding carboxylic acids is 2. The summed E-state index contributed by atoms with van der Waals surface area (Å²) in [5, 5.41) is 0. The van der Waals surface area contributed by atoms with Crippen molar-refractivity contribution in [1.82, 2.24) is 0 Å². The minimum absolute atomic E-state index is 0.0201. The van der Waals surface area contributed by atoms with Crippen LogP contribution in [-0.2, 0) is 19.1 Å². The van der Waals surface area contributed by atoms with Gasteiger partial charge in [0.2, 0.25) is 0 Å². The van der Waals surface area contributed by atoms with Crippen LogP contribution in [0.2, 0.25) is 0 Å². The molecule has 0 N–H and O–H groups in total. The Morgan fingerprint density at radius 3 is 1.32 bits per heavy atom. The lowest BCUT2D eigenvalue weighted by molar-refractivity contribution is -0.161. The van der Waals surface area contributed by atoms with Crippen molar-refractivity contribution in [1.29, 1.82) is 0 Å². The first-order valence-electron chi connectivity index (χ1n) is 11.9. The number of hydrogen-bond donors (Lipinski definition) is 0. The zero-order chi connectivity index (χ0) is 19.7. The molecule has 0 radical (unpaired) electrons. The van der Waals surface area contributed by atoms with Crippen molar-refractivity contribution in [3.05, 3.63) is 0 Å². The van der Waals surface area contributed by atoms with Crippen LogP contribution in [0, 0.1) is 35.5 Å². The van der Waals surface area contributed by atoms with E-state index in [-0.39, 0.29) is 37.0 Å². The van der Waals surface area contributed by atoms with E-state index >= 15 is 0 Å². The van der Waals surface area contributed by atoms with Crippen molar-refractivity contribution in [2.75, 3.05) is 0 Å². The van der Waals surface area contributed by atoms with E-state index < -0.39 is 0 Å². The molecule has 0 aromatic carbocycles. The van der Waals surface area contributed by atoms with E-state index in [1.807, 2.05) is 13.8 Å². The molecular formula is C24H38O4. The normalized spacial score (nSPS) is 38.6. The zero-order valence-electron chi connectivity index (χ0n) is 17.7. The predicted molar refractivity (Wildman–Crippen MR) is 107 cm³/mol. The van der Waals surface area contributed by atoms with Gasteiger partial charge in [-0.3, -0.25) is 9.59 Å². The van der Waals surface area contributed by atoms with Crippen molar-refractivity contribution in [3.8, 4) is 0 Å². The molecule has 6 aliphatic rings. The summed E-state index contributed by atoms with van der Waals surface area (Å²) < 4.78 is 11.4. The molecule has 4 nitrogen and oxygen atoms in total. The molecule has 6 fully saturated rings. The predicted octanol–water partition coefficient (Wildman–Crippen LogP) is 5.28. The Kier molecular flexibility index (Phi) is 6.32. The second kappa shape index (κ2) is 8.75. The van der Waals surface area contributed by atoms with Gasteiger partial charge in [-0.1, -0.05) is 25.7 Å². The summed E-state index contributed by atoms with van der Waals surface area (Å²) in [6.07, 6.45) is 13.3. The van der Waals surface area contributed by atoms with Crippen molar-refractivity contribution < 1.29 is 19.1 Å². The highest BCUT2D eigenvalue weighted by molar-refractivity contribution is 5.77. The van der Waals surface area contributed by atoms with Gasteiger partial charge in [-0.05, 0) is 87.9 Å². The second-order valence-electron chi connectivity index (χ2n) is 10.3. The van der Waals surface area contributed by atoms with Gasteiger partial charge in [-0.2, -0.15) is 0 Å². The first-order chi connectivity index (χ1) is 13.5. The fourth-order valence-corrected chi connectivity index (χ4v) is 6.92. The monoisotopic (exact) mass is 390 g/mol. The lowest BCUT2D eigenvalue weighted by atomic mass is 9.63. The molecule has 4 unspecified atom stereocenters. The van der Waals surface area contributed by atoms with Crippen LogP contribution in [0.4, 0.5) is 0 Å². The SMILES string of the molecule is CC(OC(=O)CCC(=O)OC(C)C1CC2CCC1CC2)C1CC2CCC1CC2. The molecule has 0 aliphatic heterocycles. The van der Waals surface area contributed by atoms with E-state index in [9.17, 15) is 9.59 Å². The van der Waals surface area contributed by atoms with Crippen LogP contribution >= 0.6 is 0 Å². The average molecular weight is 391 g/mol. The van der Waals surface area contributed by atoms with E-state index in [0.29, 0.717) is 11.8 Å². The van der Waals surface area contributed by atoms with E-state index in [0.717, 1.165) is 23.7 Å². The van der Waals surface area contributed by atoms with Crippen LogP contribution in [0.25, 0.3) is 0 Å². The van der Waals surface area contributed by atoms with Crippen molar-refractivity contribution >= 4 is 11.9 Å². The number of hydrogen-bond acceptors (Lipinski definition) is 4. The Morgan fingerprint density at radius 1 is 0.679 bits per heavy atom. The van der Waals surface area contributed by atoms with Crippen molar-refractivity contribution in [3.63, 3.8) is 0 Å². The molecule has 6 aliphatic carbocycles. The van der Waals surface area contributed by atoms with Crippen molar-refractivity contribution in [2.45, 2.75) is 103 Å². The van der Waals surface area contributed by atoms with Gasteiger partial charge in [-0.15, -0.1) is 0 Å².